The zero-order valence-electron chi connectivity index (χ0n) is 11.9. The minimum atomic E-state index is -0.0631. The Morgan fingerprint density at radius 1 is 1.37 bits per heavy atom. The highest BCUT2D eigenvalue weighted by atomic mass is 32.1. The molecule has 0 aromatic carbocycles. The van der Waals surface area contributed by atoms with E-state index in [1.807, 2.05) is 0 Å². The van der Waals surface area contributed by atoms with E-state index in [0.717, 1.165) is 12.1 Å². The fourth-order valence-corrected chi connectivity index (χ4v) is 3.39. The van der Waals surface area contributed by atoms with Gasteiger partial charge in [-0.3, -0.25) is 4.90 Å². The van der Waals surface area contributed by atoms with E-state index in [2.05, 4.69) is 42.0 Å². The summed E-state index contributed by atoms with van der Waals surface area (Å²) in [5.74, 6) is 5.67. The van der Waals surface area contributed by atoms with Gasteiger partial charge in [0.2, 0.25) is 0 Å². The van der Waals surface area contributed by atoms with Gasteiger partial charge in [-0.1, -0.05) is 25.7 Å². The van der Waals surface area contributed by atoms with Gasteiger partial charge in [0.05, 0.1) is 0 Å². The summed E-state index contributed by atoms with van der Waals surface area (Å²) < 4.78 is 0. The van der Waals surface area contributed by atoms with Crippen molar-refractivity contribution in [3.05, 3.63) is 21.9 Å². The van der Waals surface area contributed by atoms with Crippen LogP contribution in [0.25, 0.3) is 0 Å². The number of hydrogen-bond donors (Lipinski definition) is 1. The third-order valence-electron chi connectivity index (χ3n) is 3.78. The van der Waals surface area contributed by atoms with E-state index in [0.29, 0.717) is 5.41 Å². The van der Waals surface area contributed by atoms with Gasteiger partial charge in [-0.15, -0.1) is 11.3 Å². The maximum atomic E-state index is 8.70. The fraction of sp³-hybridized carbons (Fsp3) is 0.625. The van der Waals surface area contributed by atoms with Crippen LogP contribution in [0.1, 0.15) is 43.6 Å². The number of aliphatic hydroxyl groups is 1. The molecule has 1 saturated heterocycles. The Morgan fingerprint density at radius 3 is 3.00 bits per heavy atom. The van der Waals surface area contributed by atoms with Crippen molar-refractivity contribution in [3.63, 3.8) is 0 Å². The highest BCUT2D eigenvalue weighted by Gasteiger charge is 2.23. The number of likely N-dealkylation sites (tertiary alicyclic amines) is 1. The summed E-state index contributed by atoms with van der Waals surface area (Å²) in [6.07, 6.45) is 3.92. The Kier molecular flexibility index (Phi) is 5.04. The van der Waals surface area contributed by atoms with Crippen molar-refractivity contribution < 1.29 is 5.11 Å². The molecule has 1 N–H and O–H groups in total. The number of aliphatic hydroxyl groups excluding tert-OH is 1. The van der Waals surface area contributed by atoms with Crippen LogP contribution in [-0.2, 0) is 6.54 Å². The summed E-state index contributed by atoms with van der Waals surface area (Å²) in [6, 6.07) is 2.16. The quantitative estimate of drug-likeness (QED) is 0.840. The lowest BCUT2D eigenvalue weighted by Gasteiger charge is -2.22. The first kappa shape index (κ1) is 14.6. The number of rotatable bonds is 2. The van der Waals surface area contributed by atoms with Gasteiger partial charge >= 0.3 is 0 Å². The summed E-state index contributed by atoms with van der Waals surface area (Å²) in [4.78, 5) is 3.94. The van der Waals surface area contributed by atoms with Crippen LogP contribution >= 0.6 is 11.3 Å². The molecule has 2 rings (SSSR count). The summed E-state index contributed by atoms with van der Waals surface area (Å²) in [5, 5.41) is 10.8. The zero-order valence-corrected chi connectivity index (χ0v) is 12.7. The average Bonchev–Trinajstić information content (AvgIpc) is 2.73. The largest absolute Gasteiger partial charge is 0.384 e. The van der Waals surface area contributed by atoms with E-state index in [-0.39, 0.29) is 6.61 Å². The van der Waals surface area contributed by atoms with E-state index >= 15 is 0 Å². The van der Waals surface area contributed by atoms with Crippen LogP contribution in [-0.4, -0.2) is 29.7 Å². The molecule has 19 heavy (non-hydrogen) atoms. The van der Waals surface area contributed by atoms with Gasteiger partial charge in [0.15, 0.2) is 0 Å². The van der Waals surface area contributed by atoms with Crippen molar-refractivity contribution in [3.8, 4) is 11.8 Å². The second-order valence-corrected chi connectivity index (χ2v) is 7.05. The highest BCUT2D eigenvalue weighted by molar-refractivity contribution is 7.10. The van der Waals surface area contributed by atoms with Crippen molar-refractivity contribution >= 4 is 11.3 Å². The first-order valence-corrected chi connectivity index (χ1v) is 7.86. The van der Waals surface area contributed by atoms with Gasteiger partial charge in [-0.25, -0.2) is 0 Å². The standard InChI is InChI=1S/C16H23NOS/c1-16(2)6-4-8-17(9-7-16)12-15-11-14(13-19-15)5-3-10-18/h11,13,18H,4,6-10,12H2,1-2H3. The van der Waals surface area contributed by atoms with E-state index in [4.69, 9.17) is 5.11 Å². The Hall–Kier alpha value is -0.820. The molecule has 3 heteroatoms. The maximum absolute atomic E-state index is 8.70. The van der Waals surface area contributed by atoms with Gasteiger partial charge in [0.25, 0.3) is 0 Å². The van der Waals surface area contributed by atoms with Gasteiger partial charge in [-0.05, 0) is 43.8 Å². The molecule has 1 aliphatic heterocycles. The van der Waals surface area contributed by atoms with Crippen molar-refractivity contribution in [2.24, 2.45) is 5.41 Å². The average molecular weight is 277 g/mol. The van der Waals surface area contributed by atoms with E-state index in [1.54, 1.807) is 11.3 Å². The molecular weight excluding hydrogens is 254 g/mol. The van der Waals surface area contributed by atoms with Crippen molar-refractivity contribution in [2.75, 3.05) is 19.7 Å². The summed E-state index contributed by atoms with van der Waals surface area (Å²) >= 11 is 1.77. The molecule has 0 amide bonds. The van der Waals surface area contributed by atoms with Crippen molar-refractivity contribution in [1.82, 2.24) is 4.90 Å². The molecule has 1 aliphatic rings. The van der Waals surface area contributed by atoms with Crippen LogP contribution < -0.4 is 0 Å². The van der Waals surface area contributed by atoms with Gasteiger partial charge in [-0.2, -0.15) is 0 Å². The molecule has 0 radical (unpaired) electrons. The second-order valence-electron chi connectivity index (χ2n) is 6.06. The Balaban J connectivity index is 1.92. The van der Waals surface area contributed by atoms with Gasteiger partial charge < -0.3 is 5.11 Å². The molecular formula is C16H23NOS. The third kappa shape index (κ3) is 4.65. The second kappa shape index (κ2) is 6.56. The smallest absolute Gasteiger partial charge is 0.104 e. The topological polar surface area (TPSA) is 23.5 Å². The molecule has 104 valence electrons. The summed E-state index contributed by atoms with van der Waals surface area (Å²) in [5.41, 5.74) is 1.53. The van der Waals surface area contributed by atoms with Crippen molar-refractivity contribution in [2.45, 2.75) is 39.7 Å². The summed E-state index contributed by atoms with van der Waals surface area (Å²) in [7, 11) is 0. The number of nitrogens with zero attached hydrogens (tertiary/aromatic N) is 1. The van der Waals surface area contributed by atoms with Gasteiger partial charge in [0.1, 0.15) is 6.61 Å². The highest BCUT2D eigenvalue weighted by Crippen LogP contribution is 2.30. The fourth-order valence-electron chi connectivity index (χ4n) is 2.53. The van der Waals surface area contributed by atoms with Crippen LogP contribution in [0, 0.1) is 17.3 Å². The zero-order chi connectivity index (χ0) is 13.7. The lowest BCUT2D eigenvalue weighted by atomic mass is 9.85. The SMILES string of the molecule is CC1(C)CCCN(Cc2cc(C#CCO)cs2)CC1. The first-order valence-electron chi connectivity index (χ1n) is 6.98. The van der Waals surface area contributed by atoms with E-state index in [9.17, 15) is 0 Å². The molecule has 1 aromatic heterocycles. The first-order chi connectivity index (χ1) is 9.09. The van der Waals surface area contributed by atoms with Crippen LogP contribution in [0.2, 0.25) is 0 Å². The predicted octanol–water partition coefficient (Wildman–Crippen LogP) is 3.10. The van der Waals surface area contributed by atoms with E-state index in [1.165, 1.54) is 37.2 Å². The molecule has 0 saturated carbocycles. The lowest BCUT2D eigenvalue weighted by Crippen LogP contribution is -2.24. The van der Waals surface area contributed by atoms with Crippen LogP contribution in [0.5, 0.6) is 0 Å². The Bertz CT molecular complexity index is 467. The minimum Gasteiger partial charge on any atom is -0.384 e. The molecule has 0 spiro atoms. The molecule has 1 aromatic rings. The molecule has 0 atom stereocenters. The molecule has 2 nitrogen and oxygen atoms in total. The molecule has 0 aliphatic carbocycles. The molecule has 1 fully saturated rings. The van der Waals surface area contributed by atoms with E-state index < -0.39 is 0 Å². The Morgan fingerprint density at radius 2 is 2.21 bits per heavy atom. The maximum Gasteiger partial charge on any atom is 0.104 e. The Labute approximate surface area is 120 Å². The molecule has 0 bridgehead atoms. The predicted molar refractivity (Wildman–Crippen MR) is 81.2 cm³/mol. The minimum absolute atomic E-state index is 0.0631. The third-order valence-corrected chi connectivity index (χ3v) is 4.70. The summed E-state index contributed by atoms with van der Waals surface area (Å²) in [6.45, 7) is 8.14. The van der Waals surface area contributed by atoms with Crippen LogP contribution in [0.3, 0.4) is 0 Å². The van der Waals surface area contributed by atoms with Crippen LogP contribution in [0.4, 0.5) is 0 Å². The normalized spacial score (nSPS) is 19.5. The monoisotopic (exact) mass is 277 g/mol. The molecule has 2 heterocycles. The van der Waals surface area contributed by atoms with Gasteiger partial charge in [0, 0.05) is 22.4 Å². The van der Waals surface area contributed by atoms with Crippen molar-refractivity contribution in [1.29, 1.82) is 0 Å². The number of thiophene rings is 1. The number of hydrogen-bond acceptors (Lipinski definition) is 3. The lowest BCUT2D eigenvalue weighted by molar-refractivity contribution is 0.257. The molecule has 0 unspecified atom stereocenters. The van der Waals surface area contributed by atoms with Crippen LogP contribution in [0.15, 0.2) is 11.4 Å².